The number of aromatic nitrogens is 2. The molecule has 0 radical (unpaired) electrons. The second kappa shape index (κ2) is 6.22. The van der Waals surface area contributed by atoms with Gasteiger partial charge < -0.3 is 9.36 Å². The summed E-state index contributed by atoms with van der Waals surface area (Å²) in [5.41, 5.74) is 5.70. The maximum Gasteiger partial charge on any atom is 0.129 e. The molecule has 134 valence electrons. The van der Waals surface area contributed by atoms with Crippen LogP contribution in [0.3, 0.4) is 0 Å². The predicted octanol–water partition coefficient (Wildman–Crippen LogP) is 5.26. The average molecular weight is 346 g/mol. The number of nitrogens with zero attached hydrogens (tertiary/aromatic N) is 2. The van der Waals surface area contributed by atoms with E-state index in [-0.39, 0.29) is 0 Å². The Morgan fingerprint density at radius 3 is 3.15 bits per heavy atom. The van der Waals surface area contributed by atoms with Crippen molar-refractivity contribution in [3.05, 3.63) is 47.9 Å². The highest BCUT2D eigenvalue weighted by atomic mass is 16.1. The number of carbonyl (C=O) groups excluding carboxylic acids is 1. The third-order valence-corrected chi connectivity index (χ3v) is 6.67. The lowest BCUT2D eigenvalue weighted by atomic mass is 9.76. The van der Waals surface area contributed by atoms with Crippen LogP contribution in [0.25, 0.3) is 16.5 Å². The smallest absolute Gasteiger partial charge is 0.129 e. The average Bonchev–Trinajstić information content (AvgIpc) is 2.89. The number of carbonyl (C=O) groups is 1. The summed E-state index contributed by atoms with van der Waals surface area (Å²) in [6, 6.07) is 2.74. The molecule has 0 saturated heterocycles. The fraction of sp³-hybridized carbons (Fsp3) is 0.478. The van der Waals surface area contributed by atoms with E-state index in [1.807, 2.05) is 6.20 Å². The number of ketones is 1. The highest BCUT2D eigenvalue weighted by Crippen LogP contribution is 2.47. The van der Waals surface area contributed by atoms with Gasteiger partial charge in [0.1, 0.15) is 5.78 Å². The molecule has 2 aromatic heterocycles. The molecule has 0 aromatic carbocycles. The monoisotopic (exact) mass is 346 g/mol. The quantitative estimate of drug-likeness (QED) is 0.759. The van der Waals surface area contributed by atoms with Crippen LogP contribution in [0.4, 0.5) is 0 Å². The molecule has 0 N–H and O–H groups in total. The van der Waals surface area contributed by atoms with Gasteiger partial charge in [-0.15, -0.1) is 0 Å². The Kier molecular flexibility index (Phi) is 3.84. The number of pyridine rings is 1. The van der Waals surface area contributed by atoms with E-state index < -0.39 is 0 Å². The van der Waals surface area contributed by atoms with E-state index >= 15 is 0 Å². The van der Waals surface area contributed by atoms with Gasteiger partial charge in [-0.25, -0.2) is 0 Å². The molecule has 3 unspecified atom stereocenters. The van der Waals surface area contributed by atoms with E-state index in [0.29, 0.717) is 23.7 Å². The van der Waals surface area contributed by atoms with Crippen molar-refractivity contribution >= 4 is 22.3 Å². The van der Waals surface area contributed by atoms with Crippen molar-refractivity contribution in [3.8, 4) is 0 Å². The molecule has 1 saturated carbocycles. The van der Waals surface area contributed by atoms with Crippen LogP contribution in [-0.4, -0.2) is 15.3 Å². The third kappa shape index (κ3) is 2.48. The van der Waals surface area contributed by atoms with Crippen LogP contribution in [0.15, 0.2) is 36.7 Å². The topological polar surface area (TPSA) is 34.9 Å². The molecule has 3 nitrogen and oxygen atoms in total. The third-order valence-electron chi connectivity index (χ3n) is 6.67. The van der Waals surface area contributed by atoms with Crippen LogP contribution >= 0.6 is 0 Å². The summed E-state index contributed by atoms with van der Waals surface area (Å²) in [5, 5.41) is 1.35. The summed E-state index contributed by atoms with van der Waals surface area (Å²) < 4.78 is 2.64. The number of aryl methyl sites for hydroxylation is 1. The van der Waals surface area contributed by atoms with Crippen molar-refractivity contribution in [1.29, 1.82) is 0 Å². The van der Waals surface area contributed by atoms with Crippen LogP contribution < -0.4 is 0 Å². The van der Waals surface area contributed by atoms with E-state index in [1.54, 1.807) is 6.92 Å². The van der Waals surface area contributed by atoms with E-state index in [9.17, 15) is 4.79 Å². The molecule has 26 heavy (non-hydrogen) atoms. The minimum atomic E-state index is 0.329. The van der Waals surface area contributed by atoms with Crippen molar-refractivity contribution < 1.29 is 4.79 Å². The minimum Gasteiger partial charge on any atom is -0.336 e. The predicted molar refractivity (Wildman–Crippen MR) is 105 cm³/mol. The molecule has 3 heterocycles. The summed E-state index contributed by atoms with van der Waals surface area (Å²) in [4.78, 5) is 15.8. The maximum atomic E-state index is 11.4. The lowest BCUT2D eigenvalue weighted by molar-refractivity contribution is -0.117. The Morgan fingerprint density at radius 2 is 2.27 bits per heavy atom. The zero-order valence-corrected chi connectivity index (χ0v) is 15.4. The van der Waals surface area contributed by atoms with Crippen LogP contribution in [-0.2, 0) is 11.2 Å². The molecule has 1 fully saturated rings. The molecule has 2 aromatic rings. The van der Waals surface area contributed by atoms with Crippen LogP contribution in [0.5, 0.6) is 0 Å². The molecule has 0 bridgehead atoms. The number of Topliss-reactive ketones (excluding diaryl/α,β-unsaturated/α-hetero) is 1. The minimum absolute atomic E-state index is 0.329. The molecule has 0 amide bonds. The normalized spacial score (nSPS) is 26.8. The second-order valence-electron chi connectivity index (χ2n) is 8.30. The van der Waals surface area contributed by atoms with Crippen molar-refractivity contribution in [3.63, 3.8) is 0 Å². The van der Waals surface area contributed by atoms with Crippen molar-refractivity contribution in [1.82, 2.24) is 9.55 Å². The Balaban J connectivity index is 1.58. The molecule has 3 atom stereocenters. The lowest BCUT2D eigenvalue weighted by Gasteiger charge is -2.36. The fourth-order valence-corrected chi connectivity index (χ4v) is 5.45. The number of rotatable bonds is 3. The van der Waals surface area contributed by atoms with Crippen LogP contribution in [0.1, 0.15) is 62.7 Å². The zero-order chi connectivity index (χ0) is 17.7. The largest absolute Gasteiger partial charge is 0.336 e. The van der Waals surface area contributed by atoms with E-state index in [4.69, 9.17) is 0 Å². The molecular weight excluding hydrogens is 320 g/mol. The Morgan fingerprint density at radius 1 is 1.35 bits per heavy atom. The van der Waals surface area contributed by atoms with Gasteiger partial charge in [0.25, 0.3) is 0 Å². The zero-order valence-electron chi connectivity index (χ0n) is 15.4. The Hall–Kier alpha value is -2.16. The Labute approximate surface area is 154 Å². The summed E-state index contributed by atoms with van der Waals surface area (Å²) in [5.74, 6) is 1.59. The van der Waals surface area contributed by atoms with E-state index in [2.05, 4.69) is 40.0 Å². The van der Waals surface area contributed by atoms with Crippen molar-refractivity contribution in [2.24, 2.45) is 11.8 Å². The molecule has 3 aliphatic rings. The first-order valence-corrected chi connectivity index (χ1v) is 10.1. The molecule has 0 spiro atoms. The van der Waals surface area contributed by atoms with Gasteiger partial charge in [-0.2, -0.15) is 0 Å². The van der Waals surface area contributed by atoms with E-state index in [0.717, 1.165) is 25.7 Å². The molecule has 5 rings (SSSR count). The van der Waals surface area contributed by atoms with Crippen molar-refractivity contribution in [2.75, 3.05) is 0 Å². The van der Waals surface area contributed by atoms with Crippen molar-refractivity contribution in [2.45, 2.75) is 57.9 Å². The maximum absolute atomic E-state index is 11.4. The lowest BCUT2D eigenvalue weighted by Crippen LogP contribution is -2.27. The first kappa shape index (κ1) is 16.0. The first-order valence-electron chi connectivity index (χ1n) is 10.1. The summed E-state index contributed by atoms with van der Waals surface area (Å²) in [7, 11) is 0. The number of hydrogen-bond acceptors (Lipinski definition) is 2. The van der Waals surface area contributed by atoms with Crippen LogP contribution in [0, 0.1) is 11.8 Å². The van der Waals surface area contributed by atoms with E-state index in [1.165, 1.54) is 47.0 Å². The molecular formula is C23H26N2O. The summed E-state index contributed by atoms with van der Waals surface area (Å²) in [6.07, 6.45) is 19.0. The second-order valence-corrected chi connectivity index (χ2v) is 8.30. The number of allylic oxidation sites excluding steroid dienone is 4. The summed E-state index contributed by atoms with van der Waals surface area (Å²) in [6.45, 7) is 1.72. The van der Waals surface area contributed by atoms with Crippen LogP contribution in [0.2, 0.25) is 0 Å². The van der Waals surface area contributed by atoms with Gasteiger partial charge in [-0.1, -0.05) is 18.2 Å². The van der Waals surface area contributed by atoms with Gasteiger partial charge in [0.05, 0.1) is 11.2 Å². The number of hydrogen-bond donors (Lipinski definition) is 0. The van der Waals surface area contributed by atoms with Gasteiger partial charge >= 0.3 is 0 Å². The molecule has 1 aliphatic heterocycles. The van der Waals surface area contributed by atoms with Gasteiger partial charge in [0.15, 0.2) is 0 Å². The highest BCUT2D eigenvalue weighted by Gasteiger charge is 2.35. The van der Waals surface area contributed by atoms with Gasteiger partial charge in [0.2, 0.25) is 0 Å². The summed E-state index contributed by atoms with van der Waals surface area (Å²) >= 11 is 0. The standard InChI is InChI=1S/C23H26N2O/c1-15(26)5-6-16-7-10-21-18(13-16)9-8-17-3-2-4-19-20-14-24-12-11-22(20)25(21)23(17)19/h3,8-9,11-12,14,16,18,21H,2,4-7,10,13H2,1H3. The fourth-order valence-electron chi connectivity index (χ4n) is 5.45. The van der Waals surface area contributed by atoms with Gasteiger partial charge in [0, 0.05) is 30.2 Å². The molecule has 2 aliphatic carbocycles. The first-order chi connectivity index (χ1) is 12.7. The Bertz CT molecular complexity index is 933. The highest BCUT2D eigenvalue weighted by molar-refractivity contribution is 5.93. The van der Waals surface area contributed by atoms with Gasteiger partial charge in [-0.3, -0.25) is 4.98 Å². The van der Waals surface area contributed by atoms with Gasteiger partial charge in [-0.05, 0) is 74.5 Å². The number of fused-ring (bicyclic) bond motifs is 5. The molecule has 3 heteroatoms. The SMILES string of the molecule is CC(=O)CCC1CCC2C(C=CC3=CCCc4c3n2c2ccncc42)C1.